The third-order valence-electron chi connectivity index (χ3n) is 4.65. The maximum absolute atomic E-state index is 13.1. The Morgan fingerprint density at radius 3 is 2.36 bits per heavy atom. The van der Waals surface area contributed by atoms with Gasteiger partial charge in [0.05, 0.1) is 21.6 Å². The van der Waals surface area contributed by atoms with E-state index in [0.29, 0.717) is 15.8 Å². The van der Waals surface area contributed by atoms with E-state index in [-0.39, 0.29) is 17.4 Å². The van der Waals surface area contributed by atoms with Gasteiger partial charge in [0, 0.05) is 21.1 Å². The maximum Gasteiger partial charge on any atom is 0.328 e. The molecule has 1 fully saturated rings. The van der Waals surface area contributed by atoms with Gasteiger partial charge in [0.2, 0.25) is 0 Å². The molecule has 1 aliphatic rings. The molecule has 28 heavy (non-hydrogen) atoms. The molecular formula is C20H17FN4O2S. The smallest absolute Gasteiger partial charge is 0.295 e. The SMILES string of the molecule is CN1C(=O)/C(=C\c2ccc3c(c2)n(C)c(=O)n3C)SC1=Nc1ccc(F)cc1. The minimum absolute atomic E-state index is 0.0976. The Hall–Kier alpha value is -3.13. The first-order valence-corrected chi connectivity index (χ1v) is 9.34. The molecule has 0 N–H and O–H groups in total. The summed E-state index contributed by atoms with van der Waals surface area (Å²) in [5, 5.41) is 0.524. The van der Waals surface area contributed by atoms with Gasteiger partial charge >= 0.3 is 5.69 Å². The molecule has 8 heteroatoms. The van der Waals surface area contributed by atoms with Gasteiger partial charge in [-0.05, 0) is 59.8 Å². The van der Waals surface area contributed by atoms with Gasteiger partial charge in [-0.25, -0.2) is 14.2 Å². The molecule has 1 aromatic heterocycles. The number of amidine groups is 1. The number of aromatic nitrogens is 2. The Balaban J connectivity index is 1.69. The number of carbonyl (C=O) groups is 1. The average molecular weight is 396 g/mol. The molecule has 2 heterocycles. The predicted molar refractivity (Wildman–Crippen MR) is 110 cm³/mol. The van der Waals surface area contributed by atoms with Crippen LogP contribution in [0.3, 0.4) is 0 Å². The van der Waals surface area contributed by atoms with Crippen molar-refractivity contribution in [1.29, 1.82) is 0 Å². The van der Waals surface area contributed by atoms with Crippen LogP contribution in [-0.2, 0) is 18.9 Å². The van der Waals surface area contributed by atoms with Crippen molar-refractivity contribution in [2.75, 3.05) is 7.05 Å². The van der Waals surface area contributed by atoms with Crippen LogP contribution in [-0.4, -0.2) is 32.2 Å². The van der Waals surface area contributed by atoms with E-state index in [0.717, 1.165) is 16.6 Å². The number of amides is 1. The van der Waals surface area contributed by atoms with Crippen molar-refractivity contribution in [3.63, 3.8) is 0 Å². The topological polar surface area (TPSA) is 59.6 Å². The Morgan fingerprint density at radius 2 is 1.64 bits per heavy atom. The number of aliphatic imine (C=N–C) groups is 1. The molecule has 4 rings (SSSR count). The van der Waals surface area contributed by atoms with Crippen molar-refractivity contribution in [1.82, 2.24) is 14.0 Å². The third kappa shape index (κ3) is 3.05. The Kier molecular flexibility index (Phi) is 4.43. The minimum atomic E-state index is -0.334. The summed E-state index contributed by atoms with van der Waals surface area (Å²) >= 11 is 1.26. The molecule has 1 amide bonds. The lowest BCUT2D eigenvalue weighted by Crippen LogP contribution is -2.23. The zero-order valence-electron chi connectivity index (χ0n) is 15.5. The van der Waals surface area contributed by atoms with Crippen molar-refractivity contribution in [2.24, 2.45) is 19.1 Å². The van der Waals surface area contributed by atoms with Crippen molar-refractivity contribution in [3.05, 3.63) is 69.2 Å². The zero-order chi connectivity index (χ0) is 20.0. The highest BCUT2D eigenvalue weighted by Gasteiger charge is 2.30. The molecule has 3 aromatic rings. The Bertz CT molecular complexity index is 1220. The monoisotopic (exact) mass is 396 g/mol. The first-order chi connectivity index (χ1) is 13.3. The number of imidazole rings is 1. The molecule has 142 valence electrons. The van der Waals surface area contributed by atoms with Gasteiger partial charge in [-0.15, -0.1) is 0 Å². The highest BCUT2D eigenvalue weighted by Crippen LogP contribution is 2.33. The second-order valence-electron chi connectivity index (χ2n) is 6.49. The fourth-order valence-corrected chi connectivity index (χ4v) is 4.03. The summed E-state index contributed by atoms with van der Waals surface area (Å²) in [6.07, 6.45) is 1.79. The number of nitrogens with zero attached hydrogens (tertiary/aromatic N) is 4. The fourth-order valence-electron chi connectivity index (χ4n) is 3.04. The number of thioether (sulfide) groups is 1. The third-order valence-corrected chi connectivity index (χ3v) is 5.71. The van der Waals surface area contributed by atoms with Crippen molar-refractivity contribution >= 4 is 45.6 Å². The first-order valence-electron chi connectivity index (χ1n) is 8.52. The van der Waals surface area contributed by atoms with E-state index in [1.807, 2.05) is 18.2 Å². The standard InChI is InChI=1S/C20H17FN4O2S/c1-23-15-9-4-12(10-16(15)24(2)20(23)27)11-17-18(26)25(3)19(28-17)22-14-7-5-13(21)6-8-14/h4-11H,1-3H3/b17-11+,22-19?. The molecule has 2 aromatic carbocycles. The van der Waals surface area contributed by atoms with E-state index in [9.17, 15) is 14.0 Å². The second-order valence-corrected chi connectivity index (χ2v) is 7.50. The summed E-state index contributed by atoms with van der Waals surface area (Å²) in [4.78, 5) is 31.1. The minimum Gasteiger partial charge on any atom is -0.295 e. The molecule has 6 nitrogen and oxygen atoms in total. The van der Waals surface area contributed by atoms with E-state index in [1.165, 1.54) is 28.8 Å². The van der Waals surface area contributed by atoms with Gasteiger partial charge in [-0.3, -0.25) is 18.8 Å². The van der Waals surface area contributed by atoms with E-state index in [2.05, 4.69) is 4.99 Å². The molecule has 0 aliphatic carbocycles. The van der Waals surface area contributed by atoms with Crippen molar-refractivity contribution < 1.29 is 9.18 Å². The number of rotatable bonds is 2. The molecule has 0 saturated carbocycles. The van der Waals surface area contributed by atoms with Gasteiger partial charge in [0.1, 0.15) is 5.82 Å². The molecule has 0 unspecified atom stereocenters. The summed E-state index contributed by atoms with van der Waals surface area (Å²) in [5.74, 6) is -0.494. The number of fused-ring (bicyclic) bond motifs is 1. The van der Waals surface area contributed by atoms with Crippen LogP contribution in [0, 0.1) is 5.82 Å². The molecule has 0 radical (unpaired) electrons. The van der Waals surface area contributed by atoms with Gasteiger partial charge in [-0.2, -0.15) is 0 Å². The normalized spacial score (nSPS) is 17.4. The van der Waals surface area contributed by atoms with E-state index in [1.54, 1.807) is 48.5 Å². The second kappa shape index (κ2) is 6.79. The lowest BCUT2D eigenvalue weighted by molar-refractivity contribution is -0.121. The van der Waals surface area contributed by atoms with E-state index in [4.69, 9.17) is 0 Å². The summed E-state index contributed by atoms with van der Waals surface area (Å²) < 4.78 is 16.2. The van der Waals surface area contributed by atoms with Crippen LogP contribution in [0.1, 0.15) is 5.56 Å². The van der Waals surface area contributed by atoms with E-state index >= 15 is 0 Å². The number of aryl methyl sites for hydroxylation is 2. The number of likely N-dealkylation sites (N-methyl/N-ethyl adjacent to an activating group) is 1. The van der Waals surface area contributed by atoms with Crippen LogP contribution in [0.4, 0.5) is 10.1 Å². The van der Waals surface area contributed by atoms with Gasteiger partial charge in [0.25, 0.3) is 5.91 Å². The molecule has 1 aliphatic heterocycles. The molecular weight excluding hydrogens is 379 g/mol. The first kappa shape index (κ1) is 18.2. The quantitative estimate of drug-likeness (QED) is 0.625. The summed E-state index contributed by atoms with van der Waals surface area (Å²) in [7, 11) is 5.10. The summed E-state index contributed by atoms with van der Waals surface area (Å²) in [5.41, 5.74) is 2.92. The lowest BCUT2D eigenvalue weighted by atomic mass is 10.2. The van der Waals surface area contributed by atoms with Crippen LogP contribution in [0.15, 0.2) is 57.2 Å². The number of halogens is 1. The summed E-state index contributed by atoms with van der Waals surface area (Å²) in [6, 6.07) is 11.4. The van der Waals surface area contributed by atoms with Crippen LogP contribution in [0.5, 0.6) is 0 Å². The number of benzene rings is 2. The molecule has 0 bridgehead atoms. The number of carbonyl (C=O) groups excluding carboxylic acids is 1. The van der Waals surface area contributed by atoms with Crippen LogP contribution < -0.4 is 5.69 Å². The van der Waals surface area contributed by atoms with Gasteiger partial charge in [-0.1, -0.05) is 6.07 Å². The average Bonchev–Trinajstić information content (AvgIpc) is 3.07. The highest BCUT2D eigenvalue weighted by molar-refractivity contribution is 8.18. The zero-order valence-corrected chi connectivity index (χ0v) is 16.3. The Labute approximate surface area is 164 Å². The van der Waals surface area contributed by atoms with Crippen LogP contribution in [0.25, 0.3) is 17.1 Å². The van der Waals surface area contributed by atoms with Crippen molar-refractivity contribution in [2.45, 2.75) is 0 Å². The van der Waals surface area contributed by atoms with Gasteiger partial charge in [0.15, 0.2) is 5.17 Å². The van der Waals surface area contributed by atoms with Gasteiger partial charge < -0.3 is 0 Å². The molecule has 1 saturated heterocycles. The van der Waals surface area contributed by atoms with Crippen LogP contribution in [0.2, 0.25) is 0 Å². The maximum atomic E-state index is 13.1. The largest absolute Gasteiger partial charge is 0.328 e. The highest BCUT2D eigenvalue weighted by atomic mass is 32.2. The molecule has 0 atom stereocenters. The van der Waals surface area contributed by atoms with Crippen LogP contribution >= 0.6 is 11.8 Å². The van der Waals surface area contributed by atoms with E-state index < -0.39 is 0 Å². The fraction of sp³-hybridized carbons (Fsp3) is 0.150. The Morgan fingerprint density at radius 1 is 0.964 bits per heavy atom. The summed E-state index contributed by atoms with van der Waals surface area (Å²) in [6.45, 7) is 0. The predicted octanol–water partition coefficient (Wildman–Crippen LogP) is 3.25. The lowest BCUT2D eigenvalue weighted by Gasteiger charge is -2.06. The molecule has 0 spiro atoms. The van der Waals surface area contributed by atoms with Crippen molar-refractivity contribution in [3.8, 4) is 0 Å². The number of hydrogen-bond acceptors (Lipinski definition) is 4. The number of hydrogen-bond donors (Lipinski definition) is 0.